The first-order valence-electron chi connectivity index (χ1n) is 5.23. The Bertz CT molecular complexity index is 285. The molecule has 2 heteroatoms. The molecule has 0 aliphatic carbocycles. The van der Waals surface area contributed by atoms with Gasteiger partial charge in [-0.2, -0.15) is 0 Å². The zero-order chi connectivity index (χ0) is 10.6. The highest BCUT2D eigenvalue weighted by Gasteiger charge is 2.13. The van der Waals surface area contributed by atoms with Gasteiger partial charge in [0.1, 0.15) is 0 Å². The van der Waals surface area contributed by atoms with Crippen molar-refractivity contribution in [1.29, 1.82) is 0 Å². The predicted octanol–water partition coefficient (Wildman–Crippen LogP) is 2.34. The third-order valence-electron chi connectivity index (χ3n) is 2.71. The van der Waals surface area contributed by atoms with E-state index < -0.39 is 0 Å². The number of aromatic nitrogens is 1. The van der Waals surface area contributed by atoms with E-state index in [-0.39, 0.29) is 12.0 Å². The lowest BCUT2D eigenvalue weighted by Gasteiger charge is -2.17. The molecule has 2 unspecified atom stereocenters. The molecule has 0 bridgehead atoms. The molecule has 1 aromatic heterocycles. The number of hydrogen-bond acceptors (Lipinski definition) is 2. The second kappa shape index (κ2) is 5.11. The predicted molar refractivity (Wildman–Crippen MR) is 58.1 cm³/mol. The zero-order valence-corrected chi connectivity index (χ0v) is 9.20. The van der Waals surface area contributed by atoms with Crippen molar-refractivity contribution >= 4 is 0 Å². The van der Waals surface area contributed by atoms with E-state index in [4.69, 9.17) is 0 Å². The van der Waals surface area contributed by atoms with Gasteiger partial charge in [0.15, 0.2) is 0 Å². The van der Waals surface area contributed by atoms with Crippen LogP contribution in [0.4, 0.5) is 0 Å². The highest BCUT2D eigenvalue weighted by Crippen LogP contribution is 2.14. The van der Waals surface area contributed by atoms with Crippen LogP contribution in [0.15, 0.2) is 18.3 Å². The van der Waals surface area contributed by atoms with Crippen LogP contribution in [-0.4, -0.2) is 16.2 Å². The molecule has 0 saturated carbocycles. The van der Waals surface area contributed by atoms with Crippen LogP contribution >= 0.6 is 0 Å². The first kappa shape index (κ1) is 11.2. The van der Waals surface area contributed by atoms with E-state index in [2.05, 4.69) is 24.9 Å². The van der Waals surface area contributed by atoms with Crippen LogP contribution in [0.3, 0.4) is 0 Å². The Kier molecular flexibility index (Phi) is 4.08. The van der Waals surface area contributed by atoms with Gasteiger partial charge in [0.25, 0.3) is 0 Å². The van der Waals surface area contributed by atoms with E-state index in [1.807, 2.05) is 19.2 Å². The van der Waals surface area contributed by atoms with E-state index in [0.29, 0.717) is 0 Å². The van der Waals surface area contributed by atoms with Crippen molar-refractivity contribution in [2.45, 2.75) is 39.7 Å². The highest BCUT2D eigenvalue weighted by molar-refractivity contribution is 5.18. The van der Waals surface area contributed by atoms with Crippen LogP contribution < -0.4 is 0 Å². The Morgan fingerprint density at radius 1 is 1.50 bits per heavy atom. The molecule has 0 aromatic carbocycles. The van der Waals surface area contributed by atoms with Gasteiger partial charge in [0.05, 0.1) is 6.10 Å². The monoisotopic (exact) mass is 193 g/mol. The zero-order valence-electron chi connectivity index (χ0n) is 9.20. The third-order valence-corrected chi connectivity index (χ3v) is 2.71. The second-order valence-corrected chi connectivity index (χ2v) is 3.92. The maximum absolute atomic E-state index is 9.65. The molecule has 1 rings (SSSR count). The molecule has 78 valence electrons. The molecule has 1 N–H and O–H groups in total. The van der Waals surface area contributed by atoms with Crippen molar-refractivity contribution in [3.63, 3.8) is 0 Å². The molecule has 0 spiro atoms. The van der Waals surface area contributed by atoms with Gasteiger partial charge in [0.2, 0.25) is 0 Å². The summed E-state index contributed by atoms with van der Waals surface area (Å²) in [6, 6.07) is 4.01. The Morgan fingerprint density at radius 2 is 2.21 bits per heavy atom. The van der Waals surface area contributed by atoms with Gasteiger partial charge >= 0.3 is 0 Å². The topological polar surface area (TPSA) is 33.1 Å². The first-order chi connectivity index (χ1) is 6.65. The number of pyridine rings is 1. The lowest BCUT2D eigenvalue weighted by Crippen LogP contribution is -2.19. The van der Waals surface area contributed by atoms with Crippen LogP contribution in [0.25, 0.3) is 0 Å². The van der Waals surface area contributed by atoms with E-state index in [1.165, 1.54) is 5.56 Å². The molecule has 0 aliphatic heterocycles. The Hall–Kier alpha value is -0.890. The molecule has 0 aliphatic rings. The van der Waals surface area contributed by atoms with Crippen LogP contribution in [-0.2, 0) is 6.42 Å². The molecular weight excluding hydrogens is 174 g/mol. The van der Waals surface area contributed by atoms with Crippen LogP contribution in [0.2, 0.25) is 0 Å². The quantitative estimate of drug-likeness (QED) is 0.796. The van der Waals surface area contributed by atoms with E-state index in [0.717, 1.165) is 18.5 Å². The Morgan fingerprint density at radius 3 is 2.79 bits per heavy atom. The summed E-state index contributed by atoms with van der Waals surface area (Å²) in [4.78, 5) is 4.32. The molecular formula is C12H19NO. The molecule has 2 nitrogen and oxygen atoms in total. The lowest BCUT2D eigenvalue weighted by atomic mass is 9.95. The number of aryl methyl sites for hydroxylation is 1. The normalized spacial score (nSPS) is 15.1. The molecule has 0 saturated heterocycles. The highest BCUT2D eigenvalue weighted by atomic mass is 16.3. The lowest BCUT2D eigenvalue weighted by molar-refractivity contribution is 0.112. The standard InChI is InChI=1S/C12H19NO/c1-4-12(14)10(3)8-11-9(2)6-5-7-13-11/h5-7,10,12,14H,4,8H2,1-3H3. The van der Waals surface area contributed by atoms with Gasteiger partial charge in [-0.15, -0.1) is 0 Å². The molecule has 2 atom stereocenters. The third kappa shape index (κ3) is 2.81. The van der Waals surface area contributed by atoms with Gasteiger partial charge in [-0.25, -0.2) is 0 Å². The minimum absolute atomic E-state index is 0.212. The number of rotatable bonds is 4. The summed E-state index contributed by atoms with van der Waals surface area (Å²) in [7, 11) is 0. The van der Waals surface area contributed by atoms with Crippen molar-refractivity contribution < 1.29 is 5.11 Å². The Labute approximate surface area is 86.0 Å². The molecule has 0 amide bonds. The fraction of sp³-hybridized carbons (Fsp3) is 0.583. The minimum atomic E-state index is -0.212. The SMILES string of the molecule is CCC(O)C(C)Cc1ncccc1C. The molecule has 1 aromatic rings. The summed E-state index contributed by atoms with van der Waals surface area (Å²) in [5.74, 6) is 0.286. The van der Waals surface area contributed by atoms with Crippen molar-refractivity contribution in [2.75, 3.05) is 0 Å². The summed E-state index contributed by atoms with van der Waals surface area (Å²) in [6.45, 7) is 6.14. The van der Waals surface area contributed by atoms with Crippen molar-refractivity contribution in [1.82, 2.24) is 4.98 Å². The Balaban J connectivity index is 2.64. The number of nitrogens with zero attached hydrogens (tertiary/aromatic N) is 1. The van der Waals surface area contributed by atoms with Crippen molar-refractivity contribution in [3.8, 4) is 0 Å². The van der Waals surface area contributed by atoms with Gasteiger partial charge in [-0.05, 0) is 37.3 Å². The van der Waals surface area contributed by atoms with E-state index in [1.54, 1.807) is 0 Å². The summed E-state index contributed by atoms with van der Waals surface area (Å²) in [6.07, 6.45) is 3.28. The largest absolute Gasteiger partial charge is 0.393 e. The summed E-state index contributed by atoms with van der Waals surface area (Å²) < 4.78 is 0. The first-order valence-corrected chi connectivity index (χ1v) is 5.23. The summed E-state index contributed by atoms with van der Waals surface area (Å²) in [5, 5.41) is 9.65. The molecule has 0 fully saturated rings. The average Bonchev–Trinajstić information content (AvgIpc) is 2.20. The van der Waals surface area contributed by atoms with E-state index in [9.17, 15) is 5.11 Å². The minimum Gasteiger partial charge on any atom is -0.393 e. The van der Waals surface area contributed by atoms with Gasteiger partial charge in [-0.1, -0.05) is 19.9 Å². The van der Waals surface area contributed by atoms with E-state index >= 15 is 0 Å². The van der Waals surface area contributed by atoms with Crippen LogP contribution in [0, 0.1) is 12.8 Å². The molecule has 0 radical (unpaired) electrons. The number of aliphatic hydroxyl groups excluding tert-OH is 1. The molecule has 1 heterocycles. The maximum Gasteiger partial charge on any atom is 0.0566 e. The average molecular weight is 193 g/mol. The van der Waals surface area contributed by atoms with Crippen LogP contribution in [0.5, 0.6) is 0 Å². The summed E-state index contributed by atoms with van der Waals surface area (Å²) in [5.41, 5.74) is 2.31. The van der Waals surface area contributed by atoms with Crippen molar-refractivity contribution in [2.24, 2.45) is 5.92 Å². The van der Waals surface area contributed by atoms with Gasteiger partial charge in [0, 0.05) is 11.9 Å². The fourth-order valence-corrected chi connectivity index (χ4v) is 1.58. The van der Waals surface area contributed by atoms with Gasteiger partial charge in [-0.3, -0.25) is 4.98 Å². The number of hydrogen-bond donors (Lipinski definition) is 1. The van der Waals surface area contributed by atoms with Crippen LogP contribution in [0.1, 0.15) is 31.5 Å². The molecule has 14 heavy (non-hydrogen) atoms. The fourth-order valence-electron chi connectivity index (χ4n) is 1.58. The maximum atomic E-state index is 9.65. The number of aliphatic hydroxyl groups is 1. The summed E-state index contributed by atoms with van der Waals surface area (Å²) >= 11 is 0. The smallest absolute Gasteiger partial charge is 0.0566 e. The van der Waals surface area contributed by atoms with Crippen molar-refractivity contribution in [3.05, 3.63) is 29.6 Å². The second-order valence-electron chi connectivity index (χ2n) is 3.92. The van der Waals surface area contributed by atoms with Gasteiger partial charge < -0.3 is 5.11 Å².